The summed E-state index contributed by atoms with van der Waals surface area (Å²) < 4.78 is 0. The minimum Gasteiger partial charge on any atom is -0.338 e. The van der Waals surface area contributed by atoms with Gasteiger partial charge in [-0.3, -0.25) is 9.59 Å². The molecule has 0 saturated carbocycles. The van der Waals surface area contributed by atoms with E-state index in [0.29, 0.717) is 40.7 Å². The largest absolute Gasteiger partial charge is 0.338 e. The summed E-state index contributed by atoms with van der Waals surface area (Å²) in [4.78, 5) is 27.8. The normalized spacial score (nSPS) is 18.4. The number of carbonyl (C=O) groups is 2. The van der Waals surface area contributed by atoms with Crippen molar-refractivity contribution < 1.29 is 9.59 Å². The van der Waals surface area contributed by atoms with E-state index >= 15 is 0 Å². The number of halogens is 1. The summed E-state index contributed by atoms with van der Waals surface area (Å²) in [6.45, 7) is 3.32. The van der Waals surface area contributed by atoms with Crippen LogP contribution in [0.25, 0.3) is 0 Å². The summed E-state index contributed by atoms with van der Waals surface area (Å²) in [6, 6.07) is 13.8. The van der Waals surface area contributed by atoms with Gasteiger partial charge in [0.2, 0.25) is 0 Å². The van der Waals surface area contributed by atoms with Crippen molar-refractivity contribution in [3.63, 3.8) is 0 Å². The first-order chi connectivity index (χ1) is 12.5. The molecular formula is C21H23ClN2O2. The van der Waals surface area contributed by atoms with Crippen LogP contribution in [-0.2, 0) is 0 Å². The third-order valence-electron chi connectivity index (χ3n) is 5.00. The predicted octanol–water partition coefficient (Wildman–Crippen LogP) is 3.77. The van der Waals surface area contributed by atoms with Crippen molar-refractivity contribution in [2.24, 2.45) is 11.7 Å². The Morgan fingerprint density at radius 1 is 1.12 bits per heavy atom. The van der Waals surface area contributed by atoms with Crippen LogP contribution in [0.3, 0.4) is 0 Å². The Bertz CT molecular complexity index is 802. The molecule has 2 N–H and O–H groups in total. The zero-order chi connectivity index (χ0) is 18.7. The van der Waals surface area contributed by atoms with Gasteiger partial charge in [-0.1, -0.05) is 29.8 Å². The van der Waals surface area contributed by atoms with E-state index in [1.807, 2.05) is 11.8 Å². The molecule has 0 aliphatic carbocycles. The van der Waals surface area contributed by atoms with E-state index in [4.69, 9.17) is 17.3 Å². The summed E-state index contributed by atoms with van der Waals surface area (Å²) >= 11 is 5.90. The average Bonchev–Trinajstić information content (AvgIpc) is 2.67. The lowest BCUT2D eigenvalue weighted by molar-refractivity contribution is 0.0657. The third kappa shape index (κ3) is 3.97. The summed E-state index contributed by atoms with van der Waals surface area (Å²) in [7, 11) is 0. The molecule has 2 unspecified atom stereocenters. The van der Waals surface area contributed by atoms with E-state index in [-0.39, 0.29) is 17.7 Å². The Labute approximate surface area is 158 Å². The van der Waals surface area contributed by atoms with Crippen LogP contribution < -0.4 is 5.73 Å². The van der Waals surface area contributed by atoms with Gasteiger partial charge in [-0.2, -0.15) is 0 Å². The molecule has 1 fully saturated rings. The van der Waals surface area contributed by atoms with E-state index in [9.17, 15) is 9.59 Å². The molecule has 0 spiro atoms. The van der Waals surface area contributed by atoms with Crippen LogP contribution in [0.5, 0.6) is 0 Å². The molecule has 0 aromatic heterocycles. The Morgan fingerprint density at radius 2 is 1.77 bits per heavy atom. The van der Waals surface area contributed by atoms with Crippen molar-refractivity contribution in [1.82, 2.24) is 4.90 Å². The number of nitrogens with two attached hydrogens (primary N) is 1. The van der Waals surface area contributed by atoms with Crippen LogP contribution in [-0.4, -0.2) is 35.7 Å². The van der Waals surface area contributed by atoms with Crippen LogP contribution in [0.2, 0.25) is 5.02 Å². The van der Waals surface area contributed by atoms with Gasteiger partial charge < -0.3 is 10.6 Å². The molecule has 2 aromatic rings. The monoisotopic (exact) mass is 370 g/mol. The van der Waals surface area contributed by atoms with Crippen molar-refractivity contribution in [2.75, 3.05) is 13.1 Å². The van der Waals surface area contributed by atoms with E-state index in [0.717, 1.165) is 12.8 Å². The van der Waals surface area contributed by atoms with E-state index in [2.05, 4.69) is 0 Å². The maximum absolute atomic E-state index is 13.1. The Balaban J connectivity index is 1.88. The molecule has 3 rings (SSSR count). The van der Waals surface area contributed by atoms with Crippen LogP contribution >= 0.6 is 11.6 Å². The molecule has 0 bridgehead atoms. The van der Waals surface area contributed by atoms with Gasteiger partial charge in [0.15, 0.2) is 5.78 Å². The lowest BCUT2D eigenvalue weighted by atomic mass is 9.91. The highest BCUT2D eigenvalue weighted by atomic mass is 35.5. The van der Waals surface area contributed by atoms with Gasteiger partial charge in [0.1, 0.15) is 0 Å². The second kappa shape index (κ2) is 8.02. The molecular weight excluding hydrogens is 348 g/mol. The van der Waals surface area contributed by atoms with Crippen molar-refractivity contribution in [3.8, 4) is 0 Å². The molecule has 4 nitrogen and oxygen atoms in total. The highest BCUT2D eigenvalue weighted by Crippen LogP contribution is 2.23. The van der Waals surface area contributed by atoms with Crippen molar-refractivity contribution in [3.05, 3.63) is 70.2 Å². The van der Waals surface area contributed by atoms with Crippen molar-refractivity contribution in [1.29, 1.82) is 0 Å². The van der Waals surface area contributed by atoms with Gasteiger partial charge in [-0.05, 0) is 56.0 Å². The molecule has 1 saturated heterocycles. The molecule has 5 heteroatoms. The number of hydrogen-bond acceptors (Lipinski definition) is 3. The highest BCUT2D eigenvalue weighted by Gasteiger charge is 2.28. The van der Waals surface area contributed by atoms with Gasteiger partial charge in [0.05, 0.1) is 5.56 Å². The van der Waals surface area contributed by atoms with Crippen LogP contribution in [0.1, 0.15) is 46.0 Å². The first kappa shape index (κ1) is 18.6. The fourth-order valence-electron chi connectivity index (χ4n) is 3.42. The van der Waals surface area contributed by atoms with Gasteiger partial charge in [0, 0.05) is 35.3 Å². The lowest BCUT2D eigenvalue weighted by Gasteiger charge is -2.35. The van der Waals surface area contributed by atoms with E-state index < -0.39 is 0 Å². The minimum absolute atomic E-state index is 0.0524. The second-order valence-electron chi connectivity index (χ2n) is 6.89. The predicted molar refractivity (Wildman–Crippen MR) is 104 cm³/mol. The molecule has 1 aliphatic heterocycles. The minimum atomic E-state index is -0.175. The smallest absolute Gasteiger partial charge is 0.254 e. The SMILES string of the molecule is CC(N)C1CCCN(C(=O)c2ccccc2C(=O)c2ccc(Cl)cc2)C1. The standard InChI is InChI=1S/C21H23ClN2O2/c1-14(23)16-5-4-12-24(13-16)21(26)19-7-3-2-6-18(19)20(25)15-8-10-17(22)11-9-15/h2-3,6-11,14,16H,4-5,12-13,23H2,1H3. The van der Waals surface area contributed by atoms with E-state index in [1.165, 1.54) is 0 Å². The number of piperidine rings is 1. The Hall–Kier alpha value is -2.17. The molecule has 2 atom stereocenters. The topological polar surface area (TPSA) is 63.4 Å². The number of ketones is 1. The number of nitrogens with zero attached hydrogens (tertiary/aromatic N) is 1. The maximum atomic E-state index is 13.1. The molecule has 2 aromatic carbocycles. The van der Waals surface area contributed by atoms with E-state index in [1.54, 1.807) is 48.5 Å². The van der Waals surface area contributed by atoms with Crippen molar-refractivity contribution >= 4 is 23.3 Å². The highest BCUT2D eigenvalue weighted by molar-refractivity contribution is 6.30. The first-order valence-electron chi connectivity index (χ1n) is 8.91. The number of benzene rings is 2. The maximum Gasteiger partial charge on any atom is 0.254 e. The summed E-state index contributed by atoms with van der Waals surface area (Å²) in [5.41, 5.74) is 7.41. The van der Waals surface area contributed by atoms with Crippen LogP contribution in [0.4, 0.5) is 0 Å². The summed E-state index contributed by atoms with van der Waals surface area (Å²) in [5, 5.41) is 0.571. The average molecular weight is 371 g/mol. The number of carbonyl (C=O) groups excluding carboxylic acids is 2. The van der Waals surface area contributed by atoms with Crippen LogP contribution in [0, 0.1) is 5.92 Å². The molecule has 1 aliphatic rings. The van der Waals surface area contributed by atoms with Crippen molar-refractivity contribution in [2.45, 2.75) is 25.8 Å². The molecule has 1 amide bonds. The number of hydrogen-bond donors (Lipinski definition) is 1. The van der Waals surface area contributed by atoms with Gasteiger partial charge in [-0.15, -0.1) is 0 Å². The zero-order valence-electron chi connectivity index (χ0n) is 14.8. The summed E-state index contributed by atoms with van der Waals surface area (Å²) in [5.74, 6) is 0.0199. The molecule has 26 heavy (non-hydrogen) atoms. The fourth-order valence-corrected chi connectivity index (χ4v) is 3.54. The molecule has 136 valence electrons. The number of likely N-dealkylation sites (tertiary alicyclic amines) is 1. The second-order valence-corrected chi connectivity index (χ2v) is 7.33. The molecule has 1 heterocycles. The fraction of sp³-hybridized carbons (Fsp3) is 0.333. The zero-order valence-corrected chi connectivity index (χ0v) is 15.6. The van der Waals surface area contributed by atoms with Gasteiger partial charge in [0.25, 0.3) is 5.91 Å². The lowest BCUT2D eigenvalue weighted by Crippen LogP contribution is -2.45. The Kier molecular flexibility index (Phi) is 5.74. The van der Waals surface area contributed by atoms with Gasteiger partial charge in [-0.25, -0.2) is 0 Å². The number of rotatable bonds is 4. The Morgan fingerprint density at radius 3 is 2.42 bits per heavy atom. The quantitative estimate of drug-likeness (QED) is 0.833. The summed E-state index contributed by atoms with van der Waals surface area (Å²) in [6.07, 6.45) is 1.97. The first-order valence-corrected chi connectivity index (χ1v) is 9.29. The van der Waals surface area contributed by atoms with Gasteiger partial charge >= 0.3 is 0 Å². The molecule has 0 radical (unpaired) electrons. The van der Waals surface area contributed by atoms with Crippen LogP contribution in [0.15, 0.2) is 48.5 Å². The third-order valence-corrected chi connectivity index (χ3v) is 5.25. The number of amides is 1.